The molecule has 0 amide bonds. The van der Waals surface area contributed by atoms with Gasteiger partial charge in [0.25, 0.3) is 0 Å². The van der Waals surface area contributed by atoms with E-state index in [-0.39, 0.29) is 16.9 Å². The van der Waals surface area contributed by atoms with Gasteiger partial charge < -0.3 is 10.6 Å². The summed E-state index contributed by atoms with van der Waals surface area (Å²) in [5.41, 5.74) is 1.33. The smallest absolute Gasteiger partial charge is 0.240 e. The molecule has 0 radical (unpaired) electrons. The van der Waals surface area contributed by atoms with Gasteiger partial charge in [-0.05, 0) is 42.7 Å². The zero-order valence-corrected chi connectivity index (χ0v) is 17.4. The van der Waals surface area contributed by atoms with Gasteiger partial charge in [-0.25, -0.2) is 13.1 Å². The van der Waals surface area contributed by atoms with Gasteiger partial charge in [0.15, 0.2) is 5.96 Å². The summed E-state index contributed by atoms with van der Waals surface area (Å²) < 4.78 is 27.0. The van der Waals surface area contributed by atoms with Crippen molar-refractivity contribution < 1.29 is 8.42 Å². The number of benzene rings is 2. The fourth-order valence-electron chi connectivity index (χ4n) is 3.06. The molecular weight excluding hydrogens is 396 g/mol. The molecule has 3 N–H and O–H groups in total. The molecule has 3 rings (SSSR count). The first kappa shape index (κ1) is 20.6. The minimum Gasteiger partial charge on any atom is -0.356 e. The van der Waals surface area contributed by atoms with Gasteiger partial charge in [-0.3, -0.25) is 4.99 Å². The fraction of sp³-hybridized carbons (Fsp3) is 0.350. The van der Waals surface area contributed by atoms with Gasteiger partial charge in [0.2, 0.25) is 10.0 Å². The van der Waals surface area contributed by atoms with Crippen molar-refractivity contribution in [2.75, 3.05) is 26.7 Å². The lowest BCUT2D eigenvalue weighted by molar-refractivity contribution is 0.580. The normalized spacial score (nSPS) is 15.9. The highest BCUT2D eigenvalue weighted by molar-refractivity contribution is 7.89. The third-order valence-corrected chi connectivity index (χ3v) is 6.58. The molecule has 2 aromatic rings. The quantitative estimate of drug-likeness (QED) is 0.348. The third kappa shape index (κ3) is 5.25. The van der Waals surface area contributed by atoms with Crippen molar-refractivity contribution in [3.63, 3.8) is 0 Å². The standard InChI is InChI=1S/C20H25ClN4O2S/c1-22-19(23-12-13-25-28(26,27)18-8-3-2-4-9-18)24-15-20(10-11-20)16-6-5-7-17(21)14-16/h2-9,14,25H,10-13,15H2,1H3,(H2,22,23,24). The van der Waals surface area contributed by atoms with Crippen molar-refractivity contribution in [2.24, 2.45) is 4.99 Å². The molecule has 0 saturated heterocycles. The molecule has 1 saturated carbocycles. The molecular formula is C20H25ClN4O2S. The summed E-state index contributed by atoms with van der Waals surface area (Å²) in [6, 6.07) is 16.3. The van der Waals surface area contributed by atoms with E-state index in [4.69, 9.17) is 11.6 Å². The van der Waals surface area contributed by atoms with Gasteiger partial charge in [0.05, 0.1) is 4.90 Å². The van der Waals surface area contributed by atoms with Crippen LogP contribution >= 0.6 is 11.6 Å². The van der Waals surface area contributed by atoms with E-state index in [1.165, 1.54) is 5.56 Å². The fourth-order valence-corrected chi connectivity index (χ4v) is 4.30. The molecule has 0 aromatic heterocycles. The number of rotatable bonds is 8. The van der Waals surface area contributed by atoms with Gasteiger partial charge in [0.1, 0.15) is 0 Å². The van der Waals surface area contributed by atoms with E-state index in [2.05, 4.69) is 26.4 Å². The summed E-state index contributed by atoms with van der Waals surface area (Å²) in [4.78, 5) is 4.47. The van der Waals surface area contributed by atoms with Gasteiger partial charge >= 0.3 is 0 Å². The second kappa shape index (κ2) is 8.94. The van der Waals surface area contributed by atoms with E-state index < -0.39 is 10.0 Å². The zero-order valence-electron chi connectivity index (χ0n) is 15.8. The van der Waals surface area contributed by atoms with Crippen molar-refractivity contribution in [3.05, 3.63) is 65.2 Å². The van der Waals surface area contributed by atoms with Gasteiger partial charge in [-0.2, -0.15) is 0 Å². The Labute approximate surface area is 171 Å². The van der Waals surface area contributed by atoms with Crippen molar-refractivity contribution in [2.45, 2.75) is 23.2 Å². The summed E-state index contributed by atoms with van der Waals surface area (Å²) >= 11 is 6.12. The van der Waals surface area contributed by atoms with E-state index in [1.54, 1.807) is 37.4 Å². The monoisotopic (exact) mass is 420 g/mol. The van der Waals surface area contributed by atoms with Crippen LogP contribution in [0.3, 0.4) is 0 Å². The number of halogens is 1. The van der Waals surface area contributed by atoms with Crippen LogP contribution in [0.4, 0.5) is 0 Å². The predicted molar refractivity (Wildman–Crippen MR) is 113 cm³/mol. The van der Waals surface area contributed by atoms with Crippen LogP contribution < -0.4 is 15.4 Å². The highest BCUT2D eigenvalue weighted by Gasteiger charge is 2.44. The Morgan fingerprint density at radius 2 is 1.82 bits per heavy atom. The first-order valence-corrected chi connectivity index (χ1v) is 11.1. The highest BCUT2D eigenvalue weighted by Crippen LogP contribution is 2.48. The largest absolute Gasteiger partial charge is 0.356 e. The maximum absolute atomic E-state index is 12.2. The predicted octanol–water partition coefficient (Wildman–Crippen LogP) is 2.52. The molecule has 0 heterocycles. The van der Waals surface area contributed by atoms with Crippen molar-refractivity contribution in [1.82, 2.24) is 15.4 Å². The lowest BCUT2D eigenvalue weighted by Crippen LogP contribution is -2.44. The summed E-state index contributed by atoms with van der Waals surface area (Å²) in [7, 11) is -1.80. The average molecular weight is 421 g/mol. The minimum absolute atomic E-state index is 0.0947. The van der Waals surface area contributed by atoms with Gasteiger partial charge in [-0.15, -0.1) is 0 Å². The Hall–Kier alpha value is -2.09. The molecule has 1 fully saturated rings. The van der Waals surface area contributed by atoms with Crippen molar-refractivity contribution in [3.8, 4) is 0 Å². The number of nitrogens with one attached hydrogen (secondary N) is 3. The third-order valence-electron chi connectivity index (χ3n) is 4.87. The number of nitrogens with zero attached hydrogens (tertiary/aromatic N) is 1. The summed E-state index contributed by atoms with van der Waals surface area (Å²) in [5, 5.41) is 7.23. The molecule has 0 atom stereocenters. The number of hydrogen-bond donors (Lipinski definition) is 3. The second-order valence-corrected chi connectivity index (χ2v) is 9.06. The molecule has 0 unspecified atom stereocenters. The number of hydrogen-bond acceptors (Lipinski definition) is 3. The lowest BCUT2D eigenvalue weighted by Gasteiger charge is -2.19. The molecule has 8 heteroatoms. The summed E-state index contributed by atoms with van der Waals surface area (Å²) in [5.74, 6) is 0.646. The maximum Gasteiger partial charge on any atom is 0.240 e. The van der Waals surface area contributed by atoms with Crippen LogP contribution in [0.2, 0.25) is 5.02 Å². The van der Waals surface area contributed by atoms with E-state index >= 15 is 0 Å². The van der Waals surface area contributed by atoms with Crippen LogP contribution in [0.15, 0.2) is 64.5 Å². The Morgan fingerprint density at radius 3 is 2.46 bits per heavy atom. The molecule has 0 aliphatic heterocycles. The van der Waals surface area contributed by atoms with Crippen LogP contribution in [0, 0.1) is 0 Å². The van der Waals surface area contributed by atoms with Crippen molar-refractivity contribution in [1.29, 1.82) is 0 Å². The molecule has 6 nitrogen and oxygen atoms in total. The van der Waals surface area contributed by atoms with E-state index in [1.807, 2.05) is 18.2 Å². The van der Waals surface area contributed by atoms with Crippen LogP contribution in [0.5, 0.6) is 0 Å². The Kier molecular flexibility index (Phi) is 6.59. The van der Waals surface area contributed by atoms with Crippen LogP contribution in [0.25, 0.3) is 0 Å². The average Bonchev–Trinajstić information content (AvgIpc) is 3.49. The minimum atomic E-state index is -3.49. The second-order valence-electron chi connectivity index (χ2n) is 6.85. The van der Waals surface area contributed by atoms with E-state index in [9.17, 15) is 8.42 Å². The van der Waals surface area contributed by atoms with Crippen LogP contribution in [-0.4, -0.2) is 41.1 Å². The molecule has 2 aromatic carbocycles. The topological polar surface area (TPSA) is 82.6 Å². The summed E-state index contributed by atoms with van der Waals surface area (Å²) in [6.45, 7) is 1.44. The lowest BCUT2D eigenvalue weighted by atomic mass is 9.96. The highest BCUT2D eigenvalue weighted by atomic mass is 35.5. The first-order chi connectivity index (χ1) is 13.5. The first-order valence-electron chi connectivity index (χ1n) is 9.20. The zero-order chi connectivity index (χ0) is 20.0. The summed E-state index contributed by atoms with van der Waals surface area (Å²) in [6.07, 6.45) is 2.21. The molecule has 1 aliphatic rings. The molecule has 1 aliphatic carbocycles. The number of sulfonamides is 1. The molecule has 0 spiro atoms. The Bertz CT molecular complexity index is 928. The van der Waals surface area contributed by atoms with E-state index in [0.29, 0.717) is 12.5 Å². The molecule has 150 valence electrons. The van der Waals surface area contributed by atoms with Gasteiger partial charge in [0, 0.05) is 37.1 Å². The van der Waals surface area contributed by atoms with Crippen molar-refractivity contribution >= 4 is 27.6 Å². The maximum atomic E-state index is 12.2. The Morgan fingerprint density at radius 1 is 1.07 bits per heavy atom. The number of aliphatic imine (C=N–C) groups is 1. The molecule has 28 heavy (non-hydrogen) atoms. The SMILES string of the molecule is CN=C(NCCNS(=O)(=O)c1ccccc1)NCC1(c2cccc(Cl)c2)CC1. The van der Waals surface area contributed by atoms with Crippen LogP contribution in [-0.2, 0) is 15.4 Å². The number of guanidine groups is 1. The van der Waals surface area contributed by atoms with Gasteiger partial charge in [-0.1, -0.05) is 41.9 Å². The Balaban J connectivity index is 1.46. The van der Waals surface area contributed by atoms with E-state index in [0.717, 1.165) is 24.4 Å². The molecule has 0 bridgehead atoms. The van der Waals surface area contributed by atoms with Crippen LogP contribution in [0.1, 0.15) is 18.4 Å².